The minimum absolute atomic E-state index is 0.850. The zero-order valence-electron chi connectivity index (χ0n) is 9.24. The first-order chi connectivity index (χ1) is 8.42. The lowest BCUT2D eigenvalue weighted by Crippen LogP contribution is -2.41. The Hall–Kier alpha value is -2.29. The molecule has 4 rings (SSSR count). The van der Waals surface area contributed by atoms with Crippen LogP contribution in [0.1, 0.15) is 0 Å². The number of nitrogens with zero attached hydrogens (tertiary/aromatic N) is 3. The van der Waals surface area contributed by atoms with E-state index in [4.69, 9.17) is 0 Å². The quantitative estimate of drug-likeness (QED) is 0.665. The number of fused-ring (bicyclic) bond motifs is 4. The Morgan fingerprint density at radius 2 is 2.00 bits per heavy atom. The van der Waals surface area contributed by atoms with Crippen LogP contribution in [-0.2, 0) is 0 Å². The summed E-state index contributed by atoms with van der Waals surface area (Å²) in [7, 11) is 0. The lowest BCUT2D eigenvalue weighted by atomic mass is 10.1. The largest absolute Gasteiger partial charge is 0.252 e. The fourth-order valence-electron chi connectivity index (χ4n) is 2.39. The molecule has 0 N–H and O–H groups in total. The second-order valence-corrected chi connectivity index (χ2v) is 4.27. The van der Waals surface area contributed by atoms with E-state index in [1.54, 1.807) is 0 Å². The Labute approximate surface area is 98.5 Å². The predicted molar refractivity (Wildman–Crippen MR) is 66.9 cm³/mol. The highest BCUT2D eigenvalue weighted by molar-refractivity contribution is 5.83. The molecule has 3 nitrogen and oxygen atoms in total. The van der Waals surface area contributed by atoms with Crippen molar-refractivity contribution in [2.45, 2.75) is 0 Å². The first-order valence-electron chi connectivity index (χ1n) is 5.72. The van der Waals surface area contributed by atoms with Gasteiger partial charge >= 0.3 is 0 Å². The second kappa shape index (κ2) is 3.10. The summed E-state index contributed by atoms with van der Waals surface area (Å²) in [6.07, 6.45) is 6.30. The summed E-state index contributed by atoms with van der Waals surface area (Å²) in [4.78, 5) is 0. The number of rotatable bonds is 0. The first kappa shape index (κ1) is 8.82. The third-order valence-corrected chi connectivity index (χ3v) is 3.23. The van der Waals surface area contributed by atoms with Crippen molar-refractivity contribution in [3.05, 3.63) is 59.3 Å². The SMILES string of the molecule is C1=CN2C=c3c(ccc4ccccc34)=NN2C1. The van der Waals surface area contributed by atoms with Gasteiger partial charge in [-0.25, -0.2) is 0 Å². The van der Waals surface area contributed by atoms with E-state index < -0.39 is 0 Å². The van der Waals surface area contributed by atoms with Gasteiger partial charge < -0.3 is 0 Å². The molecule has 0 fully saturated rings. The monoisotopic (exact) mass is 221 g/mol. The van der Waals surface area contributed by atoms with E-state index in [0.29, 0.717) is 0 Å². The normalized spacial score (nSPS) is 16.5. The van der Waals surface area contributed by atoms with E-state index >= 15 is 0 Å². The third-order valence-electron chi connectivity index (χ3n) is 3.23. The van der Waals surface area contributed by atoms with Crippen molar-refractivity contribution in [3.8, 4) is 0 Å². The topological polar surface area (TPSA) is 18.8 Å². The lowest BCUT2D eigenvalue weighted by Gasteiger charge is -2.25. The fourth-order valence-corrected chi connectivity index (χ4v) is 2.39. The zero-order valence-corrected chi connectivity index (χ0v) is 9.24. The Morgan fingerprint density at radius 1 is 1.06 bits per heavy atom. The molecule has 0 radical (unpaired) electrons. The van der Waals surface area contributed by atoms with Gasteiger partial charge in [0.1, 0.15) is 0 Å². The van der Waals surface area contributed by atoms with Crippen molar-refractivity contribution >= 4 is 17.0 Å². The van der Waals surface area contributed by atoms with E-state index in [9.17, 15) is 0 Å². The molecule has 2 aromatic carbocycles. The Kier molecular flexibility index (Phi) is 1.61. The average Bonchev–Trinajstić information content (AvgIpc) is 2.83. The summed E-state index contributed by atoms with van der Waals surface area (Å²) < 4.78 is 0. The van der Waals surface area contributed by atoms with Crippen LogP contribution in [0, 0.1) is 0 Å². The van der Waals surface area contributed by atoms with E-state index in [1.807, 2.05) is 16.3 Å². The highest BCUT2D eigenvalue weighted by atomic mass is 15.8. The van der Waals surface area contributed by atoms with Gasteiger partial charge in [-0.15, -0.1) is 0 Å². The summed E-state index contributed by atoms with van der Waals surface area (Å²) in [6.45, 7) is 0.850. The highest BCUT2D eigenvalue weighted by Gasteiger charge is 2.15. The summed E-state index contributed by atoms with van der Waals surface area (Å²) in [5, 5.41) is 13.4. The van der Waals surface area contributed by atoms with Gasteiger partial charge in [0.15, 0.2) is 0 Å². The number of hydrogen-bond acceptors (Lipinski definition) is 3. The standard InChI is InChI=1S/C14H11N3/c1-2-5-12-11(4-1)6-7-14-13(12)10-16-8-3-9-17(16)15-14/h1-8,10H,9H2. The van der Waals surface area contributed by atoms with Crippen LogP contribution in [0.4, 0.5) is 0 Å². The molecule has 0 amide bonds. The first-order valence-corrected chi connectivity index (χ1v) is 5.72. The molecular formula is C14H11N3. The molecule has 0 spiro atoms. The minimum atomic E-state index is 0.850. The molecule has 2 aromatic rings. The van der Waals surface area contributed by atoms with Crippen LogP contribution < -0.4 is 10.6 Å². The molecule has 0 aliphatic carbocycles. The number of benzene rings is 2. The van der Waals surface area contributed by atoms with E-state index in [1.165, 1.54) is 16.0 Å². The van der Waals surface area contributed by atoms with Crippen molar-refractivity contribution in [2.24, 2.45) is 5.10 Å². The van der Waals surface area contributed by atoms with Crippen LogP contribution in [-0.4, -0.2) is 16.7 Å². The molecule has 17 heavy (non-hydrogen) atoms. The maximum Gasteiger partial charge on any atom is 0.0946 e. The van der Waals surface area contributed by atoms with Gasteiger partial charge in [0.25, 0.3) is 0 Å². The zero-order chi connectivity index (χ0) is 11.2. The maximum atomic E-state index is 4.62. The van der Waals surface area contributed by atoms with Crippen molar-refractivity contribution in [1.29, 1.82) is 0 Å². The molecule has 0 unspecified atom stereocenters. The van der Waals surface area contributed by atoms with Crippen LogP contribution in [0.25, 0.3) is 17.0 Å². The second-order valence-electron chi connectivity index (χ2n) is 4.27. The highest BCUT2D eigenvalue weighted by Crippen LogP contribution is 2.12. The third kappa shape index (κ3) is 1.19. The van der Waals surface area contributed by atoms with Gasteiger partial charge in [0.05, 0.1) is 11.9 Å². The van der Waals surface area contributed by atoms with Gasteiger partial charge in [-0.05, 0) is 22.9 Å². The number of hydrazine groups is 1. The van der Waals surface area contributed by atoms with Gasteiger partial charge in [-0.1, -0.05) is 30.3 Å². The van der Waals surface area contributed by atoms with Gasteiger partial charge in [0, 0.05) is 17.6 Å². The summed E-state index contributed by atoms with van der Waals surface area (Å²) >= 11 is 0. The van der Waals surface area contributed by atoms with Gasteiger partial charge in [-0.2, -0.15) is 10.2 Å². The van der Waals surface area contributed by atoms with E-state index in [2.05, 4.69) is 53.8 Å². The molecule has 3 heteroatoms. The summed E-state index contributed by atoms with van der Waals surface area (Å²) in [6, 6.07) is 12.6. The van der Waals surface area contributed by atoms with E-state index in [-0.39, 0.29) is 0 Å². The molecular weight excluding hydrogens is 210 g/mol. The van der Waals surface area contributed by atoms with Crippen LogP contribution in [0.3, 0.4) is 0 Å². The van der Waals surface area contributed by atoms with Crippen molar-refractivity contribution < 1.29 is 0 Å². The van der Waals surface area contributed by atoms with Crippen molar-refractivity contribution in [2.75, 3.05) is 6.54 Å². The predicted octanol–water partition coefficient (Wildman–Crippen LogP) is 1.17. The lowest BCUT2D eigenvalue weighted by molar-refractivity contribution is 0.116. The molecule has 2 heterocycles. The summed E-state index contributed by atoms with van der Waals surface area (Å²) in [5.41, 5.74) is 0. The molecule has 0 aromatic heterocycles. The van der Waals surface area contributed by atoms with Crippen LogP contribution in [0.15, 0.2) is 53.8 Å². The smallest absolute Gasteiger partial charge is 0.0946 e. The fraction of sp³-hybridized carbons (Fsp3) is 0.0714. The average molecular weight is 221 g/mol. The van der Waals surface area contributed by atoms with Crippen LogP contribution in [0.5, 0.6) is 0 Å². The molecule has 0 bridgehead atoms. The Balaban J connectivity index is 2.15. The molecule has 0 saturated heterocycles. The molecule has 2 aliphatic rings. The van der Waals surface area contributed by atoms with Crippen LogP contribution >= 0.6 is 0 Å². The minimum Gasteiger partial charge on any atom is -0.252 e. The van der Waals surface area contributed by atoms with E-state index in [0.717, 1.165) is 11.9 Å². The van der Waals surface area contributed by atoms with Crippen LogP contribution in [0.2, 0.25) is 0 Å². The molecule has 0 saturated carbocycles. The Bertz CT molecular complexity index is 746. The summed E-state index contributed by atoms with van der Waals surface area (Å²) in [5.74, 6) is 0. The van der Waals surface area contributed by atoms with Gasteiger partial charge in [0.2, 0.25) is 0 Å². The molecule has 0 atom stereocenters. The van der Waals surface area contributed by atoms with Crippen molar-refractivity contribution in [1.82, 2.24) is 10.1 Å². The number of hydrogen-bond donors (Lipinski definition) is 0. The van der Waals surface area contributed by atoms with Gasteiger partial charge in [-0.3, -0.25) is 5.01 Å². The molecule has 82 valence electrons. The maximum absolute atomic E-state index is 4.62. The Morgan fingerprint density at radius 3 is 3.00 bits per heavy atom. The molecule has 2 aliphatic heterocycles. The van der Waals surface area contributed by atoms with Crippen molar-refractivity contribution in [3.63, 3.8) is 0 Å².